The fourth-order valence-corrected chi connectivity index (χ4v) is 4.57. The van der Waals surface area contributed by atoms with Crippen molar-refractivity contribution >= 4 is 21.6 Å². The van der Waals surface area contributed by atoms with E-state index in [2.05, 4.69) is 10.4 Å². The molecular weight excluding hydrogens is 328 g/mol. The van der Waals surface area contributed by atoms with E-state index in [1.54, 1.807) is 48.3 Å². The Labute approximate surface area is 141 Å². The molecule has 1 N–H and O–H groups in total. The van der Waals surface area contributed by atoms with Gasteiger partial charge in [0, 0.05) is 19.8 Å². The third-order valence-corrected chi connectivity index (χ3v) is 6.00. The minimum absolute atomic E-state index is 0.214. The molecule has 0 unspecified atom stereocenters. The second-order valence-electron chi connectivity index (χ2n) is 5.83. The van der Waals surface area contributed by atoms with E-state index in [9.17, 15) is 13.2 Å². The number of piperidine rings is 1. The number of nitrogens with one attached hydrogen (secondary N) is 1. The predicted molar refractivity (Wildman–Crippen MR) is 89.8 cm³/mol. The van der Waals surface area contributed by atoms with Crippen LogP contribution in [0.1, 0.15) is 19.3 Å². The van der Waals surface area contributed by atoms with Gasteiger partial charge in [0.2, 0.25) is 15.9 Å². The van der Waals surface area contributed by atoms with E-state index in [4.69, 9.17) is 0 Å². The molecule has 2 aromatic rings. The second-order valence-corrected chi connectivity index (χ2v) is 7.72. The minimum Gasteiger partial charge on any atom is -0.322 e. The van der Waals surface area contributed by atoms with Crippen LogP contribution in [-0.4, -0.2) is 41.0 Å². The summed E-state index contributed by atoms with van der Waals surface area (Å²) in [6.45, 7) is 0.350. The summed E-state index contributed by atoms with van der Waals surface area (Å²) in [6.07, 6.45) is 5.31. The Morgan fingerprint density at radius 3 is 2.67 bits per heavy atom. The van der Waals surface area contributed by atoms with Crippen LogP contribution in [0.25, 0.3) is 0 Å². The zero-order valence-corrected chi connectivity index (χ0v) is 14.2. The molecule has 8 heteroatoms. The number of nitrogens with zero attached hydrogens (tertiary/aromatic N) is 3. The van der Waals surface area contributed by atoms with Gasteiger partial charge in [-0.2, -0.15) is 9.40 Å². The van der Waals surface area contributed by atoms with Crippen molar-refractivity contribution in [1.82, 2.24) is 14.1 Å². The maximum Gasteiger partial charge on any atom is 0.243 e. The molecule has 0 aliphatic carbocycles. The number of sulfonamides is 1. The van der Waals surface area contributed by atoms with Gasteiger partial charge in [-0.1, -0.05) is 24.6 Å². The fourth-order valence-electron chi connectivity index (χ4n) is 2.89. The number of hydrogen-bond acceptors (Lipinski definition) is 4. The largest absolute Gasteiger partial charge is 0.322 e. The lowest BCUT2D eigenvalue weighted by molar-refractivity contribution is -0.120. The number of rotatable bonds is 4. The molecule has 2 heterocycles. The molecule has 1 aliphatic heterocycles. The van der Waals surface area contributed by atoms with Gasteiger partial charge in [-0.05, 0) is 25.0 Å². The van der Waals surface area contributed by atoms with Crippen LogP contribution in [0.5, 0.6) is 0 Å². The maximum atomic E-state index is 12.9. The highest BCUT2D eigenvalue weighted by atomic mass is 32.2. The van der Waals surface area contributed by atoms with Crippen molar-refractivity contribution in [1.29, 1.82) is 0 Å². The van der Waals surface area contributed by atoms with Crippen molar-refractivity contribution in [2.24, 2.45) is 7.05 Å². The van der Waals surface area contributed by atoms with E-state index in [1.165, 1.54) is 10.5 Å². The van der Waals surface area contributed by atoms with Crippen LogP contribution in [-0.2, 0) is 21.9 Å². The van der Waals surface area contributed by atoms with E-state index < -0.39 is 16.1 Å². The Balaban J connectivity index is 1.84. The van der Waals surface area contributed by atoms with Gasteiger partial charge in [0.1, 0.15) is 6.04 Å². The topological polar surface area (TPSA) is 84.3 Å². The molecule has 0 saturated carbocycles. The average molecular weight is 348 g/mol. The van der Waals surface area contributed by atoms with Gasteiger partial charge in [0.25, 0.3) is 0 Å². The van der Waals surface area contributed by atoms with Crippen molar-refractivity contribution in [2.45, 2.75) is 30.2 Å². The summed E-state index contributed by atoms with van der Waals surface area (Å²) >= 11 is 0. The first-order valence-electron chi connectivity index (χ1n) is 7.85. The molecule has 0 bridgehead atoms. The van der Waals surface area contributed by atoms with Crippen LogP contribution >= 0.6 is 0 Å². The Morgan fingerprint density at radius 2 is 2.00 bits per heavy atom. The molecule has 1 fully saturated rings. The third kappa shape index (κ3) is 3.34. The van der Waals surface area contributed by atoms with Gasteiger partial charge in [-0.15, -0.1) is 0 Å². The molecule has 0 radical (unpaired) electrons. The second kappa shape index (κ2) is 6.74. The van der Waals surface area contributed by atoms with Gasteiger partial charge in [0.05, 0.1) is 16.8 Å². The monoisotopic (exact) mass is 348 g/mol. The number of hydrogen-bond donors (Lipinski definition) is 1. The first-order chi connectivity index (χ1) is 11.5. The van der Waals surface area contributed by atoms with Crippen LogP contribution < -0.4 is 5.32 Å². The molecule has 24 heavy (non-hydrogen) atoms. The van der Waals surface area contributed by atoms with Gasteiger partial charge in [0.15, 0.2) is 0 Å². The Morgan fingerprint density at radius 1 is 1.25 bits per heavy atom. The van der Waals surface area contributed by atoms with Crippen molar-refractivity contribution in [3.05, 3.63) is 42.7 Å². The van der Waals surface area contributed by atoms with Crippen LogP contribution in [0.15, 0.2) is 47.6 Å². The lowest BCUT2D eigenvalue weighted by Gasteiger charge is -2.33. The van der Waals surface area contributed by atoms with E-state index in [-0.39, 0.29) is 10.8 Å². The molecule has 128 valence electrons. The average Bonchev–Trinajstić information content (AvgIpc) is 3.00. The molecule has 1 aromatic heterocycles. The van der Waals surface area contributed by atoms with Crippen LogP contribution in [0, 0.1) is 0 Å². The number of benzene rings is 1. The highest BCUT2D eigenvalue weighted by molar-refractivity contribution is 7.89. The highest BCUT2D eigenvalue weighted by Gasteiger charge is 2.37. The lowest BCUT2D eigenvalue weighted by Crippen LogP contribution is -2.49. The van der Waals surface area contributed by atoms with E-state index in [0.29, 0.717) is 18.7 Å². The Kier molecular flexibility index (Phi) is 4.68. The highest BCUT2D eigenvalue weighted by Crippen LogP contribution is 2.26. The van der Waals surface area contributed by atoms with Crippen LogP contribution in [0.2, 0.25) is 0 Å². The Hall–Kier alpha value is -2.19. The smallest absolute Gasteiger partial charge is 0.243 e. The van der Waals surface area contributed by atoms with E-state index in [0.717, 1.165) is 12.8 Å². The first kappa shape index (κ1) is 16.7. The van der Waals surface area contributed by atoms with Gasteiger partial charge in [-0.3, -0.25) is 9.48 Å². The summed E-state index contributed by atoms with van der Waals surface area (Å²) < 4.78 is 28.7. The van der Waals surface area contributed by atoms with Crippen LogP contribution in [0.4, 0.5) is 5.69 Å². The van der Waals surface area contributed by atoms with Crippen molar-refractivity contribution in [3.63, 3.8) is 0 Å². The third-order valence-electron chi connectivity index (χ3n) is 4.08. The predicted octanol–water partition coefficient (Wildman–Crippen LogP) is 1.60. The van der Waals surface area contributed by atoms with E-state index in [1.807, 2.05) is 0 Å². The summed E-state index contributed by atoms with van der Waals surface area (Å²) in [7, 11) is -1.94. The van der Waals surface area contributed by atoms with Crippen molar-refractivity contribution in [2.75, 3.05) is 11.9 Å². The number of amides is 1. The SMILES string of the molecule is Cn1cc(NC(=O)[C@@H]2CCCCN2S(=O)(=O)c2ccccc2)cn1. The van der Waals surface area contributed by atoms with Crippen molar-refractivity contribution in [3.8, 4) is 0 Å². The molecule has 1 aliphatic rings. The Bertz CT molecular complexity index is 817. The van der Waals surface area contributed by atoms with Crippen molar-refractivity contribution < 1.29 is 13.2 Å². The number of aryl methyl sites for hydroxylation is 1. The summed E-state index contributed by atoms with van der Waals surface area (Å²) in [5.74, 6) is -0.317. The molecule has 1 saturated heterocycles. The summed E-state index contributed by atoms with van der Waals surface area (Å²) in [6, 6.07) is 7.54. The normalized spacial score (nSPS) is 19.1. The fraction of sp³-hybridized carbons (Fsp3) is 0.375. The van der Waals surface area contributed by atoms with E-state index >= 15 is 0 Å². The number of aromatic nitrogens is 2. The van der Waals surface area contributed by atoms with Gasteiger partial charge < -0.3 is 5.32 Å². The number of anilines is 1. The molecule has 3 rings (SSSR count). The molecule has 1 amide bonds. The van der Waals surface area contributed by atoms with Crippen LogP contribution in [0.3, 0.4) is 0 Å². The number of carbonyl (C=O) groups excluding carboxylic acids is 1. The summed E-state index contributed by atoms with van der Waals surface area (Å²) in [4.78, 5) is 12.8. The zero-order chi connectivity index (χ0) is 17.2. The maximum absolute atomic E-state index is 12.9. The molecule has 1 atom stereocenters. The van der Waals surface area contributed by atoms with Gasteiger partial charge in [-0.25, -0.2) is 8.42 Å². The molecular formula is C16H20N4O3S. The standard InChI is InChI=1S/C16H20N4O3S/c1-19-12-13(11-17-19)18-16(21)15-9-5-6-10-20(15)24(22,23)14-7-3-2-4-8-14/h2-4,7-8,11-12,15H,5-6,9-10H2,1H3,(H,18,21)/t15-/m0/s1. The summed E-state index contributed by atoms with van der Waals surface area (Å²) in [5.41, 5.74) is 0.560. The first-order valence-corrected chi connectivity index (χ1v) is 9.29. The molecule has 1 aromatic carbocycles. The molecule has 7 nitrogen and oxygen atoms in total. The molecule has 0 spiro atoms. The quantitative estimate of drug-likeness (QED) is 0.910. The zero-order valence-electron chi connectivity index (χ0n) is 13.4. The number of carbonyl (C=O) groups is 1. The summed E-state index contributed by atoms with van der Waals surface area (Å²) in [5, 5.41) is 6.76. The van der Waals surface area contributed by atoms with Gasteiger partial charge >= 0.3 is 0 Å². The minimum atomic E-state index is -3.69. The lowest BCUT2D eigenvalue weighted by atomic mass is 10.0.